The van der Waals surface area contributed by atoms with E-state index in [0.717, 1.165) is 19.3 Å². The van der Waals surface area contributed by atoms with Crippen molar-refractivity contribution in [1.82, 2.24) is 5.32 Å². The van der Waals surface area contributed by atoms with Crippen LogP contribution < -0.4 is 20.5 Å². The molecule has 0 spiro atoms. The summed E-state index contributed by atoms with van der Waals surface area (Å²) in [4.78, 5) is 12.4. The topological polar surface area (TPSA) is 73.6 Å². The van der Waals surface area contributed by atoms with E-state index < -0.39 is 11.9 Å². The molecule has 1 aliphatic rings. The van der Waals surface area contributed by atoms with E-state index in [1.165, 1.54) is 20.3 Å². The Morgan fingerprint density at radius 3 is 2.50 bits per heavy atom. The zero-order valence-corrected chi connectivity index (χ0v) is 15.1. The van der Waals surface area contributed by atoms with E-state index in [2.05, 4.69) is 5.32 Å². The summed E-state index contributed by atoms with van der Waals surface area (Å²) in [5.41, 5.74) is 6.30. The lowest BCUT2D eigenvalue weighted by molar-refractivity contribution is -0.126. The molecule has 136 valence electrons. The normalized spacial score (nSPS) is 21.4. The minimum atomic E-state index is -0.458. The average Bonchev–Trinajstić information content (AvgIpc) is 2.54. The lowest BCUT2D eigenvalue weighted by atomic mass is 9.85. The predicted molar refractivity (Wildman–Crippen MR) is 93.2 cm³/mol. The van der Waals surface area contributed by atoms with E-state index in [4.69, 9.17) is 15.2 Å². The van der Waals surface area contributed by atoms with Crippen LogP contribution in [0, 0.1) is 11.7 Å². The van der Waals surface area contributed by atoms with Gasteiger partial charge in [0.05, 0.1) is 20.3 Å². The third kappa shape index (κ3) is 4.74. The standard InChI is InChI=1S/C17H25FN2O3.ClH/c1-10(20-17(21)11-5-4-6-12(19)7-11)13-8-15(22-2)16(23-3)9-14(13)18;/h8-12H,4-7,19H2,1-3H3,(H,20,21);1H. The van der Waals surface area contributed by atoms with Gasteiger partial charge in [0.1, 0.15) is 5.82 Å². The number of amides is 1. The molecule has 0 aromatic heterocycles. The summed E-state index contributed by atoms with van der Waals surface area (Å²) in [7, 11) is 2.95. The van der Waals surface area contributed by atoms with Crippen molar-refractivity contribution < 1.29 is 18.7 Å². The van der Waals surface area contributed by atoms with Crippen molar-refractivity contribution in [2.45, 2.75) is 44.7 Å². The molecule has 0 radical (unpaired) electrons. The molecule has 1 aliphatic carbocycles. The van der Waals surface area contributed by atoms with Gasteiger partial charge in [0, 0.05) is 23.6 Å². The quantitative estimate of drug-likeness (QED) is 0.846. The molecule has 7 heteroatoms. The second-order valence-corrected chi connectivity index (χ2v) is 6.08. The van der Waals surface area contributed by atoms with Crippen molar-refractivity contribution in [2.75, 3.05) is 14.2 Å². The van der Waals surface area contributed by atoms with Crippen LogP contribution in [-0.4, -0.2) is 26.2 Å². The Morgan fingerprint density at radius 2 is 1.92 bits per heavy atom. The number of benzene rings is 1. The second-order valence-electron chi connectivity index (χ2n) is 6.08. The first-order valence-electron chi connectivity index (χ1n) is 7.93. The molecule has 3 unspecified atom stereocenters. The van der Waals surface area contributed by atoms with Gasteiger partial charge in [-0.15, -0.1) is 12.4 Å². The third-order valence-corrected chi connectivity index (χ3v) is 4.41. The van der Waals surface area contributed by atoms with E-state index in [-0.39, 0.29) is 30.3 Å². The zero-order chi connectivity index (χ0) is 17.0. The number of halogens is 2. The molecule has 2 rings (SSSR count). The predicted octanol–water partition coefficient (Wildman–Crippen LogP) is 2.96. The number of methoxy groups -OCH3 is 2. The fourth-order valence-electron chi connectivity index (χ4n) is 3.08. The average molecular weight is 361 g/mol. The van der Waals surface area contributed by atoms with Gasteiger partial charge in [0.2, 0.25) is 5.91 Å². The molecule has 0 aliphatic heterocycles. The van der Waals surface area contributed by atoms with Crippen LogP contribution in [0.25, 0.3) is 0 Å². The number of hydrogen-bond donors (Lipinski definition) is 2. The van der Waals surface area contributed by atoms with E-state index >= 15 is 0 Å². The lowest BCUT2D eigenvalue weighted by Crippen LogP contribution is -2.38. The lowest BCUT2D eigenvalue weighted by Gasteiger charge is -2.27. The smallest absolute Gasteiger partial charge is 0.223 e. The molecule has 1 fully saturated rings. The molecule has 1 aromatic rings. The SMILES string of the molecule is COc1cc(F)c(C(C)NC(=O)C2CCCC(N)C2)cc1OC.Cl. The Kier molecular flexibility index (Phi) is 7.76. The highest BCUT2D eigenvalue weighted by Crippen LogP contribution is 2.32. The van der Waals surface area contributed by atoms with E-state index in [1.807, 2.05) is 0 Å². The largest absolute Gasteiger partial charge is 0.493 e. The minimum Gasteiger partial charge on any atom is -0.493 e. The van der Waals surface area contributed by atoms with Gasteiger partial charge in [-0.25, -0.2) is 4.39 Å². The van der Waals surface area contributed by atoms with Crippen LogP contribution in [0.5, 0.6) is 11.5 Å². The Hall–Kier alpha value is -1.53. The van der Waals surface area contributed by atoms with Crippen LogP contribution in [0.3, 0.4) is 0 Å². The monoisotopic (exact) mass is 360 g/mol. The molecule has 24 heavy (non-hydrogen) atoms. The molecule has 0 heterocycles. The Labute approximate surface area is 148 Å². The van der Waals surface area contributed by atoms with Gasteiger partial charge in [-0.3, -0.25) is 4.79 Å². The summed E-state index contributed by atoms with van der Waals surface area (Å²) >= 11 is 0. The number of ether oxygens (including phenoxy) is 2. The Bertz CT molecular complexity index is 571. The summed E-state index contributed by atoms with van der Waals surface area (Å²) < 4.78 is 24.5. The van der Waals surface area contributed by atoms with Gasteiger partial charge in [-0.1, -0.05) is 6.42 Å². The van der Waals surface area contributed by atoms with Crippen molar-refractivity contribution in [1.29, 1.82) is 0 Å². The van der Waals surface area contributed by atoms with E-state index in [9.17, 15) is 9.18 Å². The highest BCUT2D eigenvalue weighted by Gasteiger charge is 2.27. The van der Waals surface area contributed by atoms with Gasteiger partial charge >= 0.3 is 0 Å². The highest BCUT2D eigenvalue weighted by molar-refractivity contribution is 5.85. The molecule has 0 saturated heterocycles. The zero-order valence-electron chi connectivity index (χ0n) is 14.3. The molecule has 1 saturated carbocycles. The fraction of sp³-hybridized carbons (Fsp3) is 0.588. The maximum absolute atomic E-state index is 14.3. The minimum absolute atomic E-state index is 0. The number of hydrogen-bond acceptors (Lipinski definition) is 4. The van der Waals surface area contributed by atoms with Crippen LogP contribution in [0.2, 0.25) is 0 Å². The van der Waals surface area contributed by atoms with Gasteiger partial charge < -0.3 is 20.5 Å². The van der Waals surface area contributed by atoms with Crippen molar-refractivity contribution in [2.24, 2.45) is 11.7 Å². The molecule has 1 aromatic carbocycles. The van der Waals surface area contributed by atoms with Crippen molar-refractivity contribution in [3.8, 4) is 11.5 Å². The maximum atomic E-state index is 14.3. The second kappa shape index (κ2) is 9.08. The number of rotatable bonds is 5. The summed E-state index contributed by atoms with van der Waals surface area (Å²) in [6, 6.07) is 2.45. The van der Waals surface area contributed by atoms with Crippen molar-refractivity contribution >= 4 is 18.3 Å². The Morgan fingerprint density at radius 1 is 1.29 bits per heavy atom. The number of carbonyl (C=O) groups excluding carboxylic acids is 1. The molecule has 0 bridgehead atoms. The summed E-state index contributed by atoms with van der Waals surface area (Å²) in [5.74, 6) is 0.164. The van der Waals surface area contributed by atoms with Gasteiger partial charge in [-0.05, 0) is 32.3 Å². The first-order chi connectivity index (χ1) is 11.0. The summed E-state index contributed by atoms with van der Waals surface area (Å²) in [5, 5.41) is 2.89. The molecule has 1 amide bonds. The van der Waals surface area contributed by atoms with Gasteiger partial charge in [0.15, 0.2) is 11.5 Å². The molecule has 5 nitrogen and oxygen atoms in total. The van der Waals surface area contributed by atoms with Crippen LogP contribution in [0.15, 0.2) is 12.1 Å². The first kappa shape index (κ1) is 20.5. The first-order valence-corrected chi connectivity index (χ1v) is 7.93. The van der Waals surface area contributed by atoms with Crippen molar-refractivity contribution in [3.05, 3.63) is 23.5 Å². The van der Waals surface area contributed by atoms with Gasteiger partial charge in [-0.2, -0.15) is 0 Å². The van der Waals surface area contributed by atoms with E-state index in [1.54, 1.807) is 13.0 Å². The highest BCUT2D eigenvalue weighted by atomic mass is 35.5. The summed E-state index contributed by atoms with van der Waals surface area (Å²) in [6.45, 7) is 1.75. The van der Waals surface area contributed by atoms with Crippen LogP contribution in [0.4, 0.5) is 4.39 Å². The third-order valence-electron chi connectivity index (χ3n) is 4.41. The Balaban J connectivity index is 0.00000288. The molecule has 3 atom stereocenters. The van der Waals surface area contributed by atoms with Crippen LogP contribution in [-0.2, 0) is 4.79 Å². The number of nitrogens with two attached hydrogens (primary N) is 1. The van der Waals surface area contributed by atoms with Crippen LogP contribution >= 0.6 is 12.4 Å². The van der Waals surface area contributed by atoms with Crippen LogP contribution in [0.1, 0.15) is 44.2 Å². The van der Waals surface area contributed by atoms with Gasteiger partial charge in [0.25, 0.3) is 0 Å². The fourth-order valence-corrected chi connectivity index (χ4v) is 3.08. The molecular formula is C17H26ClFN2O3. The number of nitrogens with one attached hydrogen (secondary N) is 1. The summed E-state index contributed by atoms with van der Waals surface area (Å²) in [6.07, 6.45) is 3.44. The molecular weight excluding hydrogens is 335 g/mol. The van der Waals surface area contributed by atoms with Crippen molar-refractivity contribution in [3.63, 3.8) is 0 Å². The maximum Gasteiger partial charge on any atom is 0.223 e. The number of carbonyl (C=O) groups is 1. The van der Waals surface area contributed by atoms with E-state index in [0.29, 0.717) is 23.5 Å². The molecule has 3 N–H and O–H groups in total.